The monoisotopic (exact) mass is 314 g/mol. The van der Waals surface area contributed by atoms with Gasteiger partial charge in [-0.1, -0.05) is 0 Å². The fraction of sp³-hybridized carbons (Fsp3) is 0.273. The maximum absolute atomic E-state index is 13.2. The van der Waals surface area contributed by atoms with Gasteiger partial charge in [-0.15, -0.1) is 0 Å². The maximum atomic E-state index is 13.2. The summed E-state index contributed by atoms with van der Waals surface area (Å²) < 4.78 is 74.1. The van der Waals surface area contributed by atoms with Gasteiger partial charge >= 0.3 is 12.1 Å². The quantitative estimate of drug-likeness (QED) is 0.503. The average molecular weight is 314 g/mol. The second-order valence-electron chi connectivity index (χ2n) is 3.73. The lowest BCUT2D eigenvalue weighted by molar-refractivity contribution is -0.173. The number of amides is 2. The number of alkyl halides is 3. The Balaban J connectivity index is 2.53. The van der Waals surface area contributed by atoms with Crippen LogP contribution in [0.25, 0.3) is 0 Å². The molecule has 10 heteroatoms. The molecule has 2 amide bonds. The zero-order valence-electron chi connectivity index (χ0n) is 10.2. The van der Waals surface area contributed by atoms with E-state index in [1.807, 2.05) is 5.32 Å². The summed E-state index contributed by atoms with van der Waals surface area (Å²) in [6.07, 6.45) is -5.06. The maximum Gasteiger partial charge on any atom is 0.471 e. The topological polar surface area (TPSA) is 58.2 Å². The summed E-state index contributed by atoms with van der Waals surface area (Å²) in [5, 5.41) is 3.40. The van der Waals surface area contributed by atoms with Crippen LogP contribution in [0.5, 0.6) is 0 Å². The predicted octanol–water partition coefficient (Wildman–Crippen LogP) is 1.51. The van der Waals surface area contributed by atoms with Crippen molar-refractivity contribution in [3.05, 3.63) is 35.1 Å². The van der Waals surface area contributed by atoms with Crippen LogP contribution in [0.2, 0.25) is 0 Å². The number of nitrogens with one attached hydrogen (secondary N) is 2. The lowest BCUT2D eigenvalue weighted by Crippen LogP contribution is -2.41. The minimum atomic E-state index is -5.06. The Morgan fingerprint density at radius 2 is 1.52 bits per heavy atom. The molecule has 0 aromatic heterocycles. The Morgan fingerprint density at radius 3 is 2.10 bits per heavy atom. The molecule has 1 aromatic carbocycles. The lowest BCUT2D eigenvalue weighted by Gasteiger charge is -2.09. The van der Waals surface area contributed by atoms with Gasteiger partial charge < -0.3 is 10.6 Å². The molecule has 0 radical (unpaired) electrons. The Labute approximate surface area is 114 Å². The molecule has 0 saturated heterocycles. The van der Waals surface area contributed by atoms with Crippen LogP contribution in [0.1, 0.15) is 10.4 Å². The van der Waals surface area contributed by atoms with Crippen LogP contribution in [-0.4, -0.2) is 31.1 Å². The fourth-order valence-electron chi connectivity index (χ4n) is 1.25. The van der Waals surface area contributed by atoms with Gasteiger partial charge in [-0.3, -0.25) is 9.59 Å². The molecule has 116 valence electrons. The summed E-state index contributed by atoms with van der Waals surface area (Å²) in [6, 6.07) is 1.20. The zero-order valence-corrected chi connectivity index (χ0v) is 10.2. The van der Waals surface area contributed by atoms with Gasteiger partial charge in [-0.05, 0) is 12.1 Å². The van der Waals surface area contributed by atoms with Gasteiger partial charge in [0.15, 0.2) is 17.5 Å². The van der Waals surface area contributed by atoms with E-state index < -0.39 is 54.1 Å². The van der Waals surface area contributed by atoms with Crippen molar-refractivity contribution >= 4 is 11.8 Å². The number of rotatable bonds is 4. The second kappa shape index (κ2) is 6.46. The van der Waals surface area contributed by atoms with E-state index in [2.05, 4.69) is 0 Å². The number of hydrogen-bond acceptors (Lipinski definition) is 2. The molecule has 0 spiro atoms. The third kappa shape index (κ3) is 4.36. The summed E-state index contributed by atoms with van der Waals surface area (Å²) in [4.78, 5) is 21.8. The van der Waals surface area contributed by atoms with E-state index in [-0.39, 0.29) is 0 Å². The second-order valence-corrected chi connectivity index (χ2v) is 3.73. The van der Waals surface area contributed by atoms with Gasteiger partial charge in [0.25, 0.3) is 5.91 Å². The van der Waals surface area contributed by atoms with Gasteiger partial charge in [0.2, 0.25) is 0 Å². The molecule has 0 aliphatic rings. The highest BCUT2D eigenvalue weighted by molar-refractivity contribution is 5.94. The third-order valence-corrected chi connectivity index (χ3v) is 2.23. The summed E-state index contributed by atoms with van der Waals surface area (Å²) in [7, 11) is 0. The van der Waals surface area contributed by atoms with Gasteiger partial charge in [0, 0.05) is 13.1 Å². The van der Waals surface area contributed by atoms with E-state index >= 15 is 0 Å². The molecule has 21 heavy (non-hydrogen) atoms. The van der Waals surface area contributed by atoms with E-state index in [1.165, 1.54) is 5.32 Å². The molecule has 0 aliphatic heterocycles. The standard InChI is InChI=1S/C11H8F6N2O2/c12-6-2-1-5(7(13)8(6)14)9(20)18-3-4-19-10(21)11(15,16)17/h1-2H,3-4H2,(H,18,20)(H,19,21). The molecule has 4 nitrogen and oxygen atoms in total. The highest BCUT2D eigenvalue weighted by Crippen LogP contribution is 2.15. The number of benzene rings is 1. The van der Waals surface area contributed by atoms with E-state index in [0.29, 0.717) is 12.1 Å². The van der Waals surface area contributed by atoms with Gasteiger partial charge in [0.05, 0.1) is 5.56 Å². The van der Waals surface area contributed by atoms with Crippen molar-refractivity contribution in [2.45, 2.75) is 6.18 Å². The van der Waals surface area contributed by atoms with Crippen LogP contribution in [0.15, 0.2) is 12.1 Å². The molecular formula is C11H8F6N2O2. The number of halogens is 6. The first-order valence-corrected chi connectivity index (χ1v) is 5.41. The molecular weight excluding hydrogens is 306 g/mol. The molecule has 0 aliphatic carbocycles. The van der Waals surface area contributed by atoms with Crippen molar-refractivity contribution < 1.29 is 35.9 Å². The van der Waals surface area contributed by atoms with Crippen LogP contribution in [-0.2, 0) is 4.79 Å². The summed E-state index contributed by atoms with van der Waals surface area (Å²) in [5.41, 5.74) is -0.809. The van der Waals surface area contributed by atoms with E-state index in [4.69, 9.17) is 0 Å². The van der Waals surface area contributed by atoms with Gasteiger partial charge in [0.1, 0.15) is 0 Å². The van der Waals surface area contributed by atoms with E-state index in [1.54, 1.807) is 0 Å². The molecule has 1 aromatic rings. The number of carbonyl (C=O) groups is 2. The highest BCUT2D eigenvalue weighted by Gasteiger charge is 2.38. The van der Waals surface area contributed by atoms with E-state index in [0.717, 1.165) is 0 Å². The van der Waals surface area contributed by atoms with E-state index in [9.17, 15) is 35.9 Å². The van der Waals surface area contributed by atoms with Crippen molar-refractivity contribution in [2.75, 3.05) is 13.1 Å². The molecule has 0 bridgehead atoms. The van der Waals surface area contributed by atoms with Gasteiger partial charge in [-0.2, -0.15) is 13.2 Å². The van der Waals surface area contributed by atoms with Crippen LogP contribution in [0, 0.1) is 17.5 Å². The van der Waals surface area contributed by atoms with Crippen LogP contribution < -0.4 is 10.6 Å². The first-order valence-electron chi connectivity index (χ1n) is 5.41. The summed E-state index contributed by atoms with van der Waals surface area (Å²) >= 11 is 0. The van der Waals surface area contributed by atoms with Crippen molar-refractivity contribution in [3.8, 4) is 0 Å². The normalized spacial score (nSPS) is 11.1. The smallest absolute Gasteiger partial charge is 0.350 e. The molecule has 2 N–H and O–H groups in total. The molecule has 0 fully saturated rings. The Bertz CT molecular complexity index is 558. The molecule has 0 atom stereocenters. The Hall–Kier alpha value is -2.26. The Morgan fingerprint density at radius 1 is 0.952 bits per heavy atom. The fourth-order valence-corrected chi connectivity index (χ4v) is 1.25. The first-order chi connectivity index (χ1) is 9.64. The highest BCUT2D eigenvalue weighted by atomic mass is 19.4. The van der Waals surface area contributed by atoms with Crippen molar-refractivity contribution in [2.24, 2.45) is 0 Å². The lowest BCUT2D eigenvalue weighted by atomic mass is 10.2. The molecule has 1 rings (SSSR count). The Kier molecular flexibility index (Phi) is 5.17. The minimum absolute atomic E-state index is 0.459. The molecule has 0 heterocycles. The van der Waals surface area contributed by atoms with Crippen LogP contribution in [0.4, 0.5) is 26.3 Å². The number of hydrogen-bond donors (Lipinski definition) is 2. The minimum Gasteiger partial charge on any atom is -0.350 e. The third-order valence-electron chi connectivity index (χ3n) is 2.23. The predicted molar refractivity (Wildman–Crippen MR) is 57.7 cm³/mol. The summed E-state index contributed by atoms with van der Waals surface area (Å²) in [6.45, 7) is -1.03. The van der Waals surface area contributed by atoms with Crippen LogP contribution in [0.3, 0.4) is 0 Å². The zero-order chi connectivity index (χ0) is 16.2. The number of carbonyl (C=O) groups excluding carboxylic acids is 2. The van der Waals surface area contributed by atoms with Crippen molar-refractivity contribution in [1.82, 2.24) is 10.6 Å². The molecule has 0 unspecified atom stereocenters. The van der Waals surface area contributed by atoms with Gasteiger partial charge in [-0.25, -0.2) is 13.2 Å². The van der Waals surface area contributed by atoms with Crippen LogP contribution >= 0.6 is 0 Å². The first kappa shape index (κ1) is 16.8. The largest absolute Gasteiger partial charge is 0.471 e. The SMILES string of the molecule is O=C(NCCNC(=O)C(F)(F)F)c1ccc(F)c(F)c1F. The van der Waals surface area contributed by atoms with Crippen molar-refractivity contribution in [1.29, 1.82) is 0 Å². The summed E-state index contributed by atoms with van der Waals surface area (Å²) in [5.74, 6) is -8.40. The van der Waals surface area contributed by atoms with Crippen molar-refractivity contribution in [3.63, 3.8) is 0 Å². The average Bonchev–Trinajstić information content (AvgIpc) is 2.39. The molecule has 0 saturated carbocycles.